The second kappa shape index (κ2) is 6.76. The molecule has 0 saturated heterocycles. The molecule has 1 unspecified atom stereocenters. The van der Waals surface area contributed by atoms with E-state index in [1.165, 1.54) is 20.2 Å². The average Bonchev–Trinajstić information content (AvgIpc) is 3.32. The molecular weight excluding hydrogens is 356 g/mol. The van der Waals surface area contributed by atoms with Crippen molar-refractivity contribution in [3.05, 3.63) is 68.0 Å². The van der Waals surface area contributed by atoms with Crippen LogP contribution in [0.5, 0.6) is 0 Å². The van der Waals surface area contributed by atoms with E-state index < -0.39 is 0 Å². The molecule has 3 aromatic heterocycles. The lowest BCUT2D eigenvalue weighted by atomic mass is 9.99. The summed E-state index contributed by atoms with van der Waals surface area (Å²) in [6.45, 7) is 6.38. The maximum absolute atomic E-state index is 5.57. The first kappa shape index (κ1) is 16.0. The Kier molecular flexibility index (Phi) is 4.49. The summed E-state index contributed by atoms with van der Waals surface area (Å²) in [7, 11) is 0. The van der Waals surface area contributed by atoms with Crippen LogP contribution in [-0.2, 0) is 19.6 Å². The van der Waals surface area contributed by atoms with Crippen molar-refractivity contribution in [2.45, 2.75) is 25.7 Å². The molecule has 2 atom stereocenters. The molecule has 0 bridgehead atoms. The molecule has 0 aromatic carbocycles. The SMILES string of the molecule is C=CCn1cnn(C[NH+]2CCc3sccc3[C@H]2c2cccs2)c1=S. The number of allylic oxidation sites excluding steroid dienone is 1. The third kappa shape index (κ3) is 2.82. The predicted molar refractivity (Wildman–Crippen MR) is 101 cm³/mol. The molecule has 0 amide bonds. The van der Waals surface area contributed by atoms with Crippen molar-refractivity contribution < 1.29 is 4.90 Å². The molecular formula is C17H19N4S3+. The lowest BCUT2D eigenvalue weighted by Crippen LogP contribution is -3.12. The smallest absolute Gasteiger partial charge is 0.202 e. The van der Waals surface area contributed by atoms with Gasteiger partial charge in [-0.1, -0.05) is 12.1 Å². The van der Waals surface area contributed by atoms with E-state index in [0.29, 0.717) is 12.6 Å². The molecule has 24 heavy (non-hydrogen) atoms. The second-order valence-corrected chi connectivity index (χ2v) is 8.26. The molecule has 7 heteroatoms. The Hall–Kier alpha value is -1.54. The normalized spacial score (nSPS) is 20.0. The van der Waals surface area contributed by atoms with Gasteiger partial charge < -0.3 is 9.47 Å². The van der Waals surface area contributed by atoms with E-state index in [2.05, 4.69) is 40.6 Å². The fraction of sp³-hybridized carbons (Fsp3) is 0.294. The van der Waals surface area contributed by atoms with Crippen LogP contribution in [0.4, 0.5) is 0 Å². The molecule has 4 heterocycles. The molecule has 4 rings (SSSR count). The van der Waals surface area contributed by atoms with Crippen LogP contribution < -0.4 is 4.90 Å². The molecule has 1 aliphatic heterocycles. The van der Waals surface area contributed by atoms with E-state index in [1.54, 1.807) is 0 Å². The lowest BCUT2D eigenvalue weighted by molar-refractivity contribution is -0.950. The minimum atomic E-state index is 0.381. The van der Waals surface area contributed by atoms with E-state index >= 15 is 0 Å². The lowest BCUT2D eigenvalue weighted by Gasteiger charge is -2.31. The van der Waals surface area contributed by atoms with Gasteiger partial charge >= 0.3 is 0 Å². The summed E-state index contributed by atoms with van der Waals surface area (Å²) in [5.41, 5.74) is 1.47. The van der Waals surface area contributed by atoms with Crippen molar-refractivity contribution in [1.82, 2.24) is 14.3 Å². The zero-order valence-electron chi connectivity index (χ0n) is 13.2. The molecule has 124 valence electrons. The van der Waals surface area contributed by atoms with Crippen LogP contribution >= 0.6 is 34.9 Å². The van der Waals surface area contributed by atoms with E-state index in [9.17, 15) is 0 Å². The van der Waals surface area contributed by atoms with Gasteiger partial charge in [0.25, 0.3) is 0 Å². The fourth-order valence-electron chi connectivity index (χ4n) is 3.37. The standard InChI is InChI=1S/C17H18N4S3/c1-2-7-19-11-18-21(17(19)22)12-20-8-5-14-13(6-10-24-14)16(20)15-4-3-9-23-15/h2-4,6,9-11,16H,1,5,7-8,12H2/p+1/t16-/m0/s1. The van der Waals surface area contributed by atoms with Gasteiger partial charge in [0.2, 0.25) is 4.77 Å². The Labute approximate surface area is 154 Å². The number of fused-ring (bicyclic) bond motifs is 1. The molecule has 0 aliphatic carbocycles. The molecule has 1 N–H and O–H groups in total. The highest BCUT2D eigenvalue weighted by Gasteiger charge is 2.34. The molecule has 3 aromatic rings. The number of quaternary nitrogens is 1. The van der Waals surface area contributed by atoms with Gasteiger partial charge in [-0.05, 0) is 35.1 Å². The predicted octanol–water partition coefficient (Wildman–Crippen LogP) is 2.91. The van der Waals surface area contributed by atoms with Crippen LogP contribution in [0.25, 0.3) is 0 Å². The Morgan fingerprint density at radius 2 is 2.29 bits per heavy atom. The Morgan fingerprint density at radius 3 is 3.08 bits per heavy atom. The van der Waals surface area contributed by atoms with Crippen LogP contribution in [0, 0.1) is 4.77 Å². The largest absolute Gasteiger partial charge is 0.305 e. The third-order valence-corrected chi connectivity index (χ3v) is 6.85. The van der Waals surface area contributed by atoms with Gasteiger partial charge in [-0.2, -0.15) is 9.78 Å². The monoisotopic (exact) mass is 375 g/mol. The van der Waals surface area contributed by atoms with Crippen molar-refractivity contribution in [1.29, 1.82) is 0 Å². The third-order valence-electron chi connectivity index (χ3n) is 4.48. The van der Waals surface area contributed by atoms with Crippen molar-refractivity contribution in [2.75, 3.05) is 6.54 Å². The zero-order chi connectivity index (χ0) is 16.5. The van der Waals surface area contributed by atoms with Gasteiger partial charge in [-0.15, -0.1) is 29.3 Å². The van der Waals surface area contributed by atoms with Gasteiger partial charge in [-0.3, -0.25) is 0 Å². The highest BCUT2D eigenvalue weighted by atomic mass is 32.1. The van der Waals surface area contributed by atoms with Crippen LogP contribution in [0.15, 0.2) is 47.9 Å². The quantitative estimate of drug-likeness (QED) is 0.548. The van der Waals surface area contributed by atoms with Crippen molar-refractivity contribution in [3.8, 4) is 0 Å². The first-order chi connectivity index (χ1) is 11.8. The maximum Gasteiger partial charge on any atom is 0.202 e. The minimum Gasteiger partial charge on any atom is -0.305 e. The van der Waals surface area contributed by atoms with Gasteiger partial charge in [0, 0.05) is 23.4 Å². The van der Waals surface area contributed by atoms with Crippen molar-refractivity contribution in [2.24, 2.45) is 0 Å². The van der Waals surface area contributed by atoms with E-state index in [-0.39, 0.29) is 0 Å². The molecule has 0 spiro atoms. The topological polar surface area (TPSA) is 27.2 Å². The van der Waals surface area contributed by atoms with Gasteiger partial charge in [0.1, 0.15) is 6.33 Å². The molecule has 0 radical (unpaired) electrons. The first-order valence-corrected chi connectivity index (χ1v) is 10.1. The minimum absolute atomic E-state index is 0.381. The number of hydrogen-bond acceptors (Lipinski definition) is 4. The van der Waals surface area contributed by atoms with Crippen LogP contribution in [0.3, 0.4) is 0 Å². The molecule has 4 nitrogen and oxygen atoms in total. The van der Waals surface area contributed by atoms with E-state index in [0.717, 1.165) is 24.4 Å². The number of hydrogen-bond donors (Lipinski definition) is 1. The van der Waals surface area contributed by atoms with Gasteiger partial charge in [-0.25, -0.2) is 0 Å². The summed E-state index contributed by atoms with van der Waals surface area (Å²) in [6.07, 6.45) is 4.79. The summed E-state index contributed by atoms with van der Waals surface area (Å²) >= 11 is 9.29. The number of thiophene rings is 2. The van der Waals surface area contributed by atoms with Gasteiger partial charge in [0.15, 0.2) is 12.7 Å². The highest BCUT2D eigenvalue weighted by Crippen LogP contribution is 2.31. The van der Waals surface area contributed by atoms with Crippen molar-refractivity contribution in [3.63, 3.8) is 0 Å². The highest BCUT2D eigenvalue weighted by molar-refractivity contribution is 7.71. The molecule has 0 fully saturated rings. The Bertz CT molecular complexity index is 887. The van der Waals surface area contributed by atoms with E-state index in [1.807, 2.05) is 44.3 Å². The van der Waals surface area contributed by atoms with Crippen LogP contribution in [-0.4, -0.2) is 20.9 Å². The molecule has 1 aliphatic rings. The van der Waals surface area contributed by atoms with E-state index in [4.69, 9.17) is 12.2 Å². The summed E-state index contributed by atoms with van der Waals surface area (Å²) in [6, 6.07) is 7.06. The Morgan fingerprint density at radius 1 is 1.38 bits per heavy atom. The Balaban J connectivity index is 1.67. The average molecular weight is 376 g/mol. The summed E-state index contributed by atoms with van der Waals surface area (Å²) in [5, 5.41) is 8.89. The zero-order valence-corrected chi connectivity index (χ0v) is 15.7. The fourth-order valence-corrected chi connectivity index (χ4v) is 5.42. The second-order valence-electron chi connectivity index (χ2n) is 5.92. The van der Waals surface area contributed by atoms with Crippen LogP contribution in [0.2, 0.25) is 0 Å². The number of aromatic nitrogens is 3. The summed E-state index contributed by atoms with van der Waals surface area (Å²) in [5.74, 6) is 0. The molecule has 0 saturated carbocycles. The first-order valence-electron chi connectivity index (χ1n) is 7.95. The summed E-state index contributed by atoms with van der Waals surface area (Å²) in [4.78, 5) is 4.45. The number of nitrogens with zero attached hydrogens (tertiary/aromatic N) is 3. The van der Waals surface area contributed by atoms with Crippen molar-refractivity contribution >= 4 is 34.9 Å². The summed E-state index contributed by atoms with van der Waals surface area (Å²) < 4.78 is 4.68. The number of nitrogens with one attached hydrogen (secondary N) is 1. The maximum atomic E-state index is 5.57. The van der Waals surface area contributed by atoms with Gasteiger partial charge in [0.05, 0.1) is 11.4 Å². The van der Waals surface area contributed by atoms with Crippen LogP contribution in [0.1, 0.15) is 21.4 Å². The number of rotatable bonds is 5.